The molecule has 0 fully saturated rings. The number of pyridine rings is 1. The van der Waals surface area contributed by atoms with Crippen LogP contribution in [0, 0.1) is 0 Å². The van der Waals surface area contributed by atoms with Crippen molar-refractivity contribution in [1.82, 2.24) is 19.9 Å². The predicted octanol–water partition coefficient (Wildman–Crippen LogP) is 0.962. The van der Waals surface area contributed by atoms with E-state index in [1.807, 2.05) is 30.3 Å². The van der Waals surface area contributed by atoms with Gasteiger partial charge in [0.2, 0.25) is 5.95 Å². The fraction of sp³-hybridized carbons (Fsp3) is 0. The number of H-pyrrole nitrogens is 1. The average Bonchev–Trinajstić information content (AvgIpc) is 2.37. The number of nitrogens with zero attached hydrogens (tertiary/aromatic N) is 3. The van der Waals surface area contributed by atoms with Crippen LogP contribution in [0.3, 0.4) is 0 Å². The fourth-order valence-electron chi connectivity index (χ4n) is 1.72. The van der Waals surface area contributed by atoms with Crippen molar-refractivity contribution in [2.45, 2.75) is 0 Å². The summed E-state index contributed by atoms with van der Waals surface area (Å²) in [5.74, 6) is 0.252. The normalized spacial score (nSPS) is 10.7. The van der Waals surface area contributed by atoms with Crippen LogP contribution in [0.15, 0.2) is 41.2 Å². The molecule has 3 aromatic rings. The number of benzene rings is 1. The summed E-state index contributed by atoms with van der Waals surface area (Å²) in [6, 6.07) is 11.4. The molecule has 3 N–H and O–H groups in total. The van der Waals surface area contributed by atoms with Crippen LogP contribution >= 0.6 is 0 Å². The number of aromatic amines is 1. The number of rotatable bonds is 1. The number of para-hydroxylation sites is 1. The van der Waals surface area contributed by atoms with Crippen molar-refractivity contribution >= 4 is 16.9 Å². The molecule has 6 heteroatoms. The Labute approximate surface area is 102 Å². The summed E-state index contributed by atoms with van der Waals surface area (Å²) in [6.07, 6.45) is 0. The molecule has 0 radical (unpaired) electrons. The first kappa shape index (κ1) is 10.4. The van der Waals surface area contributed by atoms with Gasteiger partial charge >= 0.3 is 5.69 Å². The van der Waals surface area contributed by atoms with Gasteiger partial charge in [0.05, 0.1) is 5.52 Å². The monoisotopic (exact) mass is 239 g/mol. The second kappa shape index (κ2) is 3.92. The Morgan fingerprint density at radius 3 is 2.67 bits per heavy atom. The number of hydrogen-bond donors (Lipinski definition) is 2. The molecule has 0 aliphatic carbocycles. The first-order chi connectivity index (χ1) is 8.72. The number of aromatic nitrogens is 4. The molecule has 0 saturated heterocycles. The van der Waals surface area contributed by atoms with E-state index in [4.69, 9.17) is 5.73 Å². The standard InChI is InChI=1S/C12H9N5O/c13-11-15-10(16-12(18)17-11)9-6-5-7-3-1-2-4-8(7)14-9/h1-6H,(H3,13,15,16,17,18). The zero-order valence-electron chi connectivity index (χ0n) is 9.29. The number of hydrogen-bond acceptors (Lipinski definition) is 5. The van der Waals surface area contributed by atoms with Gasteiger partial charge in [-0.15, -0.1) is 0 Å². The lowest BCUT2D eigenvalue weighted by molar-refractivity contribution is 1.00. The van der Waals surface area contributed by atoms with Crippen LogP contribution in [0.5, 0.6) is 0 Å². The minimum atomic E-state index is -0.535. The summed E-state index contributed by atoms with van der Waals surface area (Å²) >= 11 is 0. The maximum atomic E-state index is 11.2. The summed E-state index contributed by atoms with van der Waals surface area (Å²) < 4.78 is 0. The molecule has 0 aliphatic rings. The Balaban J connectivity index is 2.22. The van der Waals surface area contributed by atoms with Gasteiger partial charge in [-0.05, 0) is 12.1 Å². The van der Waals surface area contributed by atoms with Crippen LogP contribution in [0.2, 0.25) is 0 Å². The van der Waals surface area contributed by atoms with Gasteiger partial charge in [-0.3, -0.25) is 4.98 Å². The van der Waals surface area contributed by atoms with Gasteiger partial charge in [0.15, 0.2) is 5.82 Å². The SMILES string of the molecule is Nc1nc(-c2ccc3ccccc3n2)[nH]c(=O)n1. The Kier molecular flexibility index (Phi) is 2.26. The molecule has 2 heterocycles. The van der Waals surface area contributed by atoms with Crippen molar-refractivity contribution in [3.05, 3.63) is 46.9 Å². The topological polar surface area (TPSA) is 97.5 Å². The number of fused-ring (bicyclic) bond motifs is 1. The van der Waals surface area contributed by atoms with Crippen molar-refractivity contribution in [3.63, 3.8) is 0 Å². The molecule has 0 saturated carbocycles. The molecule has 1 aromatic carbocycles. The molecule has 0 bridgehead atoms. The number of nitrogens with two attached hydrogens (primary N) is 1. The van der Waals surface area contributed by atoms with E-state index in [2.05, 4.69) is 19.9 Å². The molecule has 0 spiro atoms. The smallest absolute Gasteiger partial charge is 0.349 e. The third kappa shape index (κ3) is 1.80. The maximum absolute atomic E-state index is 11.2. The van der Waals surface area contributed by atoms with Gasteiger partial charge in [0.1, 0.15) is 5.69 Å². The Bertz CT molecular complexity index is 781. The van der Waals surface area contributed by atoms with Gasteiger partial charge in [-0.1, -0.05) is 24.3 Å². The maximum Gasteiger partial charge on any atom is 0.349 e. The van der Waals surface area contributed by atoms with E-state index >= 15 is 0 Å². The summed E-state index contributed by atoms with van der Waals surface area (Å²) in [4.78, 5) is 25.6. The van der Waals surface area contributed by atoms with Crippen molar-refractivity contribution in [3.8, 4) is 11.5 Å². The Morgan fingerprint density at radius 2 is 1.83 bits per heavy atom. The number of nitrogen functional groups attached to an aromatic ring is 1. The van der Waals surface area contributed by atoms with Crippen LogP contribution in [-0.4, -0.2) is 19.9 Å². The van der Waals surface area contributed by atoms with Gasteiger partial charge in [-0.25, -0.2) is 9.78 Å². The van der Waals surface area contributed by atoms with Gasteiger partial charge in [0, 0.05) is 5.39 Å². The first-order valence-electron chi connectivity index (χ1n) is 5.32. The first-order valence-corrected chi connectivity index (χ1v) is 5.32. The highest BCUT2D eigenvalue weighted by molar-refractivity contribution is 5.80. The summed E-state index contributed by atoms with van der Waals surface area (Å²) in [6.45, 7) is 0. The zero-order chi connectivity index (χ0) is 12.5. The van der Waals surface area contributed by atoms with Crippen LogP contribution in [0.1, 0.15) is 0 Å². The molecular formula is C12H9N5O. The Morgan fingerprint density at radius 1 is 1.00 bits per heavy atom. The van der Waals surface area contributed by atoms with Crippen LogP contribution in [0.4, 0.5) is 5.95 Å². The second-order valence-electron chi connectivity index (χ2n) is 3.75. The highest BCUT2D eigenvalue weighted by Crippen LogP contribution is 2.17. The van der Waals surface area contributed by atoms with E-state index in [1.165, 1.54) is 0 Å². The van der Waals surface area contributed by atoms with E-state index in [1.54, 1.807) is 6.07 Å². The lowest BCUT2D eigenvalue weighted by atomic mass is 10.2. The Hall–Kier alpha value is -2.76. The molecule has 2 aromatic heterocycles. The van der Waals surface area contributed by atoms with Crippen molar-refractivity contribution in [1.29, 1.82) is 0 Å². The third-order valence-corrected chi connectivity index (χ3v) is 2.51. The van der Waals surface area contributed by atoms with Crippen LogP contribution < -0.4 is 11.4 Å². The lowest BCUT2D eigenvalue weighted by Crippen LogP contribution is -2.15. The minimum Gasteiger partial charge on any atom is -0.368 e. The number of nitrogens with one attached hydrogen (secondary N) is 1. The summed E-state index contributed by atoms with van der Waals surface area (Å²) in [7, 11) is 0. The summed E-state index contributed by atoms with van der Waals surface area (Å²) in [5.41, 5.74) is 6.29. The molecule has 3 rings (SSSR count). The second-order valence-corrected chi connectivity index (χ2v) is 3.75. The average molecular weight is 239 g/mol. The zero-order valence-corrected chi connectivity index (χ0v) is 9.29. The molecule has 0 unspecified atom stereocenters. The molecule has 0 atom stereocenters. The predicted molar refractivity (Wildman–Crippen MR) is 67.8 cm³/mol. The lowest BCUT2D eigenvalue weighted by Gasteiger charge is -2.02. The van der Waals surface area contributed by atoms with Crippen molar-refractivity contribution in [2.24, 2.45) is 0 Å². The van der Waals surface area contributed by atoms with Crippen LogP contribution in [-0.2, 0) is 0 Å². The summed E-state index contributed by atoms with van der Waals surface area (Å²) in [5, 5.41) is 1.02. The molecular weight excluding hydrogens is 230 g/mol. The minimum absolute atomic E-state index is 0.0660. The molecule has 88 valence electrons. The fourth-order valence-corrected chi connectivity index (χ4v) is 1.72. The third-order valence-electron chi connectivity index (χ3n) is 2.51. The molecule has 18 heavy (non-hydrogen) atoms. The molecule has 0 amide bonds. The van der Waals surface area contributed by atoms with Gasteiger partial charge in [0.25, 0.3) is 0 Å². The van der Waals surface area contributed by atoms with Crippen LogP contribution in [0.25, 0.3) is 22.4 Å². The van der Waals surface area contributed by atoms with E-state index in [0.29, 0.717) is 11.5 Å². The quantitative estimate of drug-likeness (QED) is 0.659. The van der Waals surface area contributed by atoms with E-state index in [9.17, 15) is 4.79 Å². The van der Waals surface area contributed by atoms with Crippen molar-refractivity contribution < 1.29 is 0 Å². The molecule has 0 aliphatic heterocycles. The van der Waals surface area contributed by atoms with Gasteiger partial charge in [-0.2, -0.15) is 9.97 Å². The molecule has 6 nitrogen and oxygen atoms in total. The van der Waals surface area contributed by atoms with Gasteiger partial charge < -0.3 is 5.73 Å². The highest BCUT2D eigenvalue weighted by Gasteiger charge is 2.05. The van der Waals surface area contributed by atoms with E-state index in [-0.39, 0.29) is 5.95 Å². The largest absolute Gasteiger partial charge is 0.368 e. The highest BCUT2D eigenvalue weighted by atomic mass is 16.1. The van der Waals surface area contributed by atoms with E-state index < -0.39 is 5.69 Å². The number of anilines is 1. The van der Waals surface area contributed by atoms with E-state index in [0.717, 1.165) is 10.9 Å². The van der Waals surface area contributed by atoms with Crippen molar-refractivity contribution in [2.75, 3.05) is 5.73 Å².